The summed E-state index contributed by atoms with van der Waals surface area (Å²) in [6.07, 6.45) is 0. The first kappa shape index (κ1) is 11.6. The molecule has 0 N–H and O–H groups in total. The quantitative estimate of drug-likeness (QED) is 0.411. The van der Waals surface area contributed by atoms with Gasteiger partial charge in [-0.3, -0.25) is 0 Å². The van der Waals surface area contributed by atoms with E-state index in [0.717, 1.165) is 11.1 Å². The molecular weight excluding hydrogens is 107 g/mol. The molecule has 0 aromatic carbocycles. The van der Waals surface area contributed by atoms with Gasteiger partial charge in [0.15, 0.2) is 0 Å². The summed E-state index contributed by atoms with van der Waals surface area (Å²) in [5.41, 5.74) is 2.03. The molecule has 0 rings (SSSR count). The van der Waals surface area contributed by atoms with Crippen LogP contribution in [-0.4, -0.2) is 9.52 Å². The zero-order chi connectivity index (χ0) is 5.86. The minimum Gasteiger partial charge on any atom is -1.00 e. The third kappa shape index (κ3) is 9.94. The second kappa shape index (κ2) is 5.94. The van der Waals surface area contributed by atoms with Crippen LogP contribution in [-0.2, 0) is 0 Å². The van der Waals surface area contributed by atoms with Crippen molar-refractivity contribution in [3.63, 3.8) is 0 Å². The van der Waals surface area contributed by atoms with E-state index in [1.165, 1.54) is 0 Å². The number of rotatable bonds is 2. The minimum absolute atomic E-state index is 0. The molecule has 8 heavy (non-hydrogen) atoms. The van der Waals surface area contributed by atoms with Gasteiger partial charge in [-0.1, -0.05) is 38.8 Å². The Morgan fingerprint density at radius 1 is 1.00 bits per heavy atom. The van der Waals surface area contributed by atoms with E-state index in [1.54, 1.807) is 0 Å². The Morgan fingerprint density at radius 3 is 1.25 bits per heavy atom. The van der Waals surface area contributed by atoms with Crippen molar-refractivity contribution in [2.45, 2.75) is 38.8 Å². The van der Waals surface area contributed by atoms with Gasteiger partial charge >= 0.3 is 18.9 Å². The van der Waals surface area contributed by atoms with Crippen LogP contribution in [0.2, 0.25) is 11.1 Å². The van der Waals surface area contributed by atoms with E-state index < -0.39 is 0 Å². The van der Waals surface area contributed by atoms with Gasteiger partial charge in [0.2, 0.25) is 0 Å². The van der Waals surface area contributed by atoms with Crippen LogP contribution in [0.5, 0.6) is 0 Å². The van der Waals surface area contributed by atoms with Gasteiger partial charge in [0.25, 0.3) is 0 Å². The Morgan fingerprint density at radius 2 is 1.25 bits per heavy atom. The summed E-state index contributed by atoms with van der Waals surface area (Å²) in [4.78, 5) is 0. The van der Waals surface area contributed by atoms with Gasteiger partial charge in [-0.15, -0.1) is 0 Å². The maximum absolute atomic E-state index is 2.33. The molecule has 0 nitrogen and oxygen atoms in total. The fourth-order valence-corrected chi connectivity index (χ4v) is 2.83. The molecule has 0 radical (unpaired) electrons. The predicted molar refractivity (Wildman–Crippen MR) is 39.9 cm³/mol. The zero-order valence-electron chi connectivity index (χ0n) is 7.86. The van der Waals surface area contributed by atoms with Crippen molar-refractivity contribution in [3.05, 3.63) is 0 Å². The smallest absolute Gasteiger partial charge is 1.00 e. The van der Waals surface area contributed by atoms with E-state index in [1.807, 2.05) is 0 Å². The van der Waals surface area contributed by atoms with E-state index in [0.29, 0.717) is 0 Å². The molecule has 0 amide bonds. The first-order valence-corrected chi connectivity index (χ1v) is 4.76. The van der Waals surface area contributed by atoms with Crippen LogP contribution >= 0.6 is 0 Å². The van der Waals surface area contributed by atoms with Gasteiger partial charge in [-0.2, -0.15) is 0 Å². The van der Waals surface area contributed by atoms with E-state index in [-0.39, 0.29) is 29.8 Å². The average molecular weight is 124 g/mol. The minimum atomic E-state index is 0. The number of hydrogen-bond acceptors (Lipinski definition) is 0. The van der Waals surface area contributed by atoms with Crippen molar-refractivity contribution in [2.75, 3.05) is 0 Å². The first-order chi connectivity index (χ1) is 3.13. The van der Waals surface area contributed by atoms with E-state index in [9.17, 15) is 0 Å². The summed E-state index contributed by atoms with van der Waals surface area (Å²) in [5.74, 6) is 0. The number of hydrogen-bond donors (Lipinski definition) is 0. The van der Waals surface area contributed by atoms with E-state index in [4.69, 9.17) is 0 Å². The molecule has 0 saturated carbocycles. The Kier molecular flexibility index (Phi) is 8.61. The molecular formula is C6H17LiSi. The molecule has 46 valence electrons. The van der Waals surface area contributed by atoms with Gasteiger partial charge in [0, 0.05) is 9.52 Å². The molecule has 0 fully saturated rings. The normalized spacial score (nSPS) is 9.75. The Balaban J connectivity index is -0.000000180. The molecule has 0 atom stereocenters. The molecule has 0 aliphatic heterocycles. The third-order valence-corrected chi connectivity index (χ3v) is 2.83. The van der Waals surface area contributed by atoms with Gasteiger partial charge in [-0.25, -0.2) is 0 Å². The molecule has 0 spiro atoms. The first-order valence-electron chi connectivity index (χ1n) is 3.13. The van der Waals surface area contributed by atoms with Gasteiger partial charge in [0.1, 0.15) is 0 Å². The summed E-state index contributed by atoms with van der Waals surface area (Å²) in [5, 5.41) is 0. The molecule has 0 aromatic rings. The van der Waals surface area contributed by atoms with Crippen LogP contribution in [0, 0.1) is 0 Å². The summed E-state index contributed by atoms with van der Waals surface area (Å²) < 4.78 is 0. The summed E-state index contributed by atoms with van der Waals surface area (Å²) in [6.45, 7) is 9.30. The van der Waals surface area contributed by atoms with Crippen molar-refractivity contribution in [1.82, 2.24) is 0 Å². The van der Waals surface area contributed by atoms with Crippen molar-refractivity contribution in [1.29, 1.82) is 0 Å². The third-order valence-electron chi connectivity index (χ3n) is 0.943. The largest absolute Gasteiger partial charge is 1.00 e. The van der Waals surface area contributed by atoms with Crippen molar-refractivity contribution < 1.29 is 20.3 Å². The fraction of sp³-hybridized carbons (Fsp3) is 1.00. The van der Waals surface area contributed by atoms with Crippen LogP contribution in [0.4, 0.5) is 0 Å². The van der Waals surface area contributed by atoms with Crippen LogP contribution in [0.15, 0.2) is 0 Å². The van der Waals surface area contributed by atoms with Crippen molar-refractivity contribution >= 4 is 9.52 Å². The monoisotopic (exact) mass is 124 g/mol. The second-order valence-electron chi connectivity index (χ2n) is 3.02. The standard InChI is InChI=1S/C6H16Si.Li.H/c1-5(2)7-6(3)4;;/h5-6H,7H2,1-4H3;;/q;+1;-1. The SMILES string of the molecule is CC(C)[SiH2]C(C)C.[H-].[Li+]. The van der Waals surface area contributed by atoms with Crippen molar-refractivity contribution in [2.24, 2.45) is 0 Å². The zero-order valence-corrected chi connectivity index (χ0v) is 8.28. The Hall–Kier alpha value is 0.814. The molecule has 0 heterocycles. The summed E-state index contributed by atoms with van der Waals surface area (Å²) in [7, 11) is 0.281. The summed E-state index contributed by atoms with van der Waals surface area (Å²) in [6, 6.07) is 0. The average Bonchev–Trinajstić information content (AvgIpc) is 1.27. The molecule has 0 unspecified atom stereocenters. The Labute approximate surface area is 68.9 Å². The van der Waals surface area contributed by atoms with Gasteiger partial charge in [-0.05, 0) is 0 Å². The molecule has 0 aliphatic rings. The predicted octanol–water partition coefficient (Wildman–Crippen LogP) is -1.07. The topological polar surface area (TPSA) is 0 Å². The second-order valence-corrected chi connectivity index (χ2v) is 6.76. The summed E-state index contributed by atoms with van der Waals surface area (Å²) >= 11 is 0. The van der Waals surface area contributed by atoms with Crippen molar-refractivity contribution in [3.8, 4) is 0 Å². The van der Waals surface area contributed by atoms with Crippen LogP contribution in [0.1, 0.15) is 29.1 Å². The van der Waals surface area contributed by atoms with E-state index >= 15 is 0 Å². The molecule has 0 bridgehead atoms. The van der Waals surface area contributed by atoms with Crippen LogP contribution in [0.25, 0.3) is 0 Å². The fourth-order valence-electron chi connectivity index (χ4n) is 0.943. The van der Waals surface area contributed by atoms with Gasteiger partial charge < -0.3 is 1.43 Å². The molecule has 0 aliphatic carbocycles. The van der Waals surface area contributed by atoms with Crippen LogP contribution < -0.4 is 18.9 Å². The molecule has 0 aromatic heterocycles. The maximum Gasteiger partial charge on any atom is 1.00 e. The maximum atomic E-state index is 2.33. The molecule has 2 heteroatoms. The Bertz CT molecular complexity index is 42.3. The van der Waals surface area contributed by atoms with Crippen LogP contribution in [0.3, 0.4) is 0 Å². The van der Waals surface area contributed by atoms with Gasteiger partial charge in [0.05, 0.1) is 0 Å². The molecule has 0 saturated heterocycles. The van der Waals surface area contributed by atoms with E-state index in [2.05, 4.69) is 27.7 Å².